The average molecular weight is 349 g/mol. The lowest BCUT2D eigenvalue weighted by Gasteiger charge is -2.23. The quantitative estimate of drug-likeness (QED) is 0.469. The van der Waals surface area contributed by atoms with Crippen molar-refractivity contribution in [1.82, 2.24) is 0 Å². The predicted molar refractivity (Wildman–Crippen MR) is 85.5 cm³/mol. The highest BCUT2D eigenvalue weighted by molar-refractivity contribution is 5.75. The Morgan fingerprint density at radius 1 is 1.28 bits per heavy atom. The van der Waals surface area contributed by atoms with E-state index in [9.17, 15) is 24.4 Å². The molecule has 0 bridgehead atoms. The van der Waals surface area contributed by atoms with E-state index in [-0.39, 0.29) is 12.4 Å². The van der Waals surface area contributed by atoms with Gasteiger partial charge in [-0.2, -0.15) is 0 Å². The van der Waals surface area contributed by atoms with Crippen LogP contribution in [0.15, 0.2) is 48.5 Å². The van der Waals surface area contributed by atoms with Crippen LogP contribution in [-0.4, -0.2) is 28.7 Å². The Hall–Kier alpha value is -3.00. The first-order valence-corrected chi connectivity index (χ1v) is 7.44. The van der Waals surface area contributed by atoms with Gasteiger partial charge in [-0.15, -0.1) is 0 Å². The maximum absolute atomic E-state index is 13.3. The van der Waals surface area contributed by atoms with Gasteiger partial charge in [-0.1, -0.05) is 30.3 Å². The van der Waals surface area contributed by atoms with E-state index in [1.807, 2.05) is 0 Å². The van der Waals surface area contributed by atoms with Crippen LogP contribution in [0.4, 0.5) is 10.1 Å². The highest BCUT2D eigenvalue weighted by Crippen LogP contribution is 2.33. The largest absolute Gasteiger partial charge is 0.475 e. The van der Waals surface area contributed by atoms with Crippen molar-refractivity contribution in [3.63, 3.8) is 0 Å². The Labute approximate surface area is 142 Å². The number of halogens is 1. The Kier molecular flexibility index (Phi) is 6.02. The fraction of sp³-hybridized carbons (Fsp3) is 0.235. The number of nitrogens with zero attached hydrogens (tertiary/aromatic N) is 1. The third kappa shape index (κ3) is 4.51. The summed E-state index contributed by atoms with van der Waals surface area (Å²) in [6.07, 6.45) is -2.98. The van der Waals surface area contributed by atoms with Gasteiger partial charge >= 0.3 is 11.7 Å². The molecule has 0 amide bonds. The van der Waals surface area contributed by atoms with Crippen molar-refractivity contribution in [2.45, 2.75) is 19.1 Å². The highest BCUT2D eigenvalue weighted by atomic mass is 19.1. The lowest BCUT2D eigenvalue weighted by molar-refractivity contribution is -0.386. The third-order valence-electron chi connectivity index (χ3n) is 3.31. The molecule has 0 heterocycles. The molecule has 0 spiro atoms. The maximum Gasteiger partial charge on any atom is 0.339 e. The first-order chi connectivity index (χ1) is 11.9. The van der Waals surface area contributed by atoms with E-state index >= 15 is 0 Å². The normalized spacial score (nSPS) is 12.9. The summed E-state index contributed by atoms with van der Waals surface area (Å²) in [4.78, 5) is 22.2. The number of carbonyl (C=O) groups is 1. The number of aliphatic hydroxyl groups is 1. The van der Waals surface area contributed by atoms with E-state index in [1.165, 1.54) is 0 Å². The van der Waals surface area contributed by atoms with Gasteiger partial charge in [0.2, 0.25) is 0 Å². The first kappa shape index (κ1) is 18.3. The monoisotopic (exact) mass is 349 g/mol. The van der Waals surface area contributed by atoms with E-state index in [2.05, 4.69) is 0 Å². The minimum absolute atomic E-state index is 0.0497. The average Bonchev–Trinajstić information content (AvgIpc) is 2.61. The lowest BCUT2D eigenvalue weighted by atomic mass is 10.0. The van der Waals surface area contributed by atoms with Crippen LogP contribution in [0, 0.1) is 15.9 Å². The van der Waals surface area contributed by atoms with Crippen molar-refractivity contribution >= 4 is 11.7 Å². The molecule has 2 aromatic carbocycles. The van der Waals surface area contributed by atoms with E-state index in [4.69, 9.17) is 9.47 Å². The second-order valence-electron chi connectivity index (χ2n) is 5.02. The predicted octanol–water partition coefficient (Wildman–Crippen LogP) is 2.78. The molecule has 0 aromatic heterocycles. The molecule has 2 atom stereocenters. The number of hydrogen-bond acceptors (Lipinski definition) is 6. The number of hydrogen-bond donors (Lipinski definition) is 1. The van der Waals surface area contributed by atoms with Gasteiger partial charge in [0, 0.05) is 0 Å². The van der Waals surface area contributed by atoms with E-state index in [0.717, 1.165) is 12.1 Å². The molecule has 0 aliphatic heterocycles. The van der Waals surface area contributed by atoms with Gasteiger partial charge in [0.1, 0.15) is 5.82 Å². The summed E-state index contributed by atoms with van der Waals surface area (Å²) >= 11 is 0. The Bertz CT molecular complexity index is 752. The van der Waals surface area contributed by atoms with Crippen LogP contribution >= 0.6 is 0 Å². The molecule has 0 fully saturated rings. The van der Waals surface area contributed by atoms with Gasteiger partial charge in [-0.05, 0) is 24.6 Å². The fourth-order valence-electron chi connectivity index (χ4n) is 2.18. The van der Waals surface area contributed by atoms with E-state index in [1.54, 1.807) is 37.3 Å². The summed E-state index contributed by atoms with van der Waals surface area (Å²) in [5, 5.41) is 21.4. The van der Waals surface area contributed by atoms with Gasteiger partial charge in [0.25, 0.3) is 0 Å². The second kappa shape index (κ2) is 8.20. The van der Waals surface area contributed by atoms with E-state index in [0.29, 0.717) is 11.6 Å². The van der Waals surface area contributed by atoms with Crippen LogP contribution in [0.3, 0.4) is 0 Å². The van der Waals surface area contributed by atoms with Crippen LogP contribution < -0.4 is 4.74 Å². The summed E-state index contributed by atoms with van der Waals surface area (Å²) in [7, 11) is 0. The standard InChI is InChI=1S/C17H16FNO6/c1-2-24-17(21)15(20)16(11-6-4-3-5-7-11)25-14-9-8-12(18)10-13(14)19(22)23/h3-10,15-16,20H,2H2,1H3/t15-,16-/m1/s1. The summed E-state index contributed by atoms with van der Waals surface area (Å²) in [6.45, 7) is 1.63. The zero-order valence-corrected chi connectivity index (χ0v) is 13.3. The van der Waals surface area contributed by atoms with E-state index < -0.39 is 34.6 Å². The minimum atomic E-state index is -1.72. The number of rotatable bonds is 7. The number of nitro groups is 1. The van der Waals surface area contributed by atoms with Crippen LogP contribution in [0.5, 0.6) is 5.75 Å². The number of benzene rings is 2. The van der Waals surface area contributed by atoms with Gasteiger partial charge < -0.3 is 14.6 Å². The summed E-state index contributed by atoms with van der Waals surface area (Å²) in [6, 6.07) is 11.0. The van der Waals surface area contributed by atoms with Crippen molar-refractivity contribution in [1.29, 1.82) is 0 Å². The zero-order chi connectivity index (χ0) is 18.4. The second-order valence-corrected chi connectivity index (χ2v) is 5.02. The van der Waals surface area contributed by atoms with Crippen LogP contribution in [0.25, 0.3) is 0 Å². The van der Waals surface area contributed by atoms with Crippen LogP contribution in [0.1, 0.15) is 18.6 Å². The van der Waals surface area contributed by atoms with Gasteiger partial charge in [-0.3, -0.25) is 10.1 Å². The van der Waals surface area contributed by atoms with Crippen molar-refractivity contribution in [3.8, 4) is 5.75 Å². The number of ether oxygens (including phenoxy) is 2. The Balaban J connectivity index is 2.41. The maximum atomic E-state index is 13.3. The Morgan fingerprint density at radius 3 is 2.56 bits per heavy atom. The van der Waals surface area contributed by atoms with Crippen molar-refractivity contribution in [3.05, 3.63) is 70.0 Å². The van der Waals surface area contributed by atoms with Crippen molar-refractivity contribution in [2.24, 2.45) is 0 Å². The molecule has 0 saturated carbocycles. The topological polar surface area (TPSA) is 98.9 Å². The molecule has 2 aromatic rings. The fourth-order valence-corrected chi connectivity index (χ4v) is 2.18. The van der Waals surface area contributed by atoms with Gasteiger partial charge in [0.15, 0.2) is 18.0 Å². The summed E-state index contributed by atoms with van der Waals surface area (Å²) in [5.74, 6) is -2.01. The molecule has 0 radical (unpaired) electrons. The molecular formula is C17H16FNO6. The molecule has 0 aliphatic carbocycles. The molecule has 7 nitrogen and oxygen atoms in total. The summed E-state index contributed by atoms with van der Waals surface area (Å²) < 4.78 is 23.6. The summed E-state index contributed by atoms with van der Waals surface area (Å²) in [5.41, 5.74) is -0.210. The molecule has 0 aliphatic rings. The van der Waals surface area contributed by atoms with Crippen molar-refractivity contribution in [2.75, 3.05) is 6.61 Å². The lowest BCUT2D eigenvalue weighted by Crippen LogP contribution is -2.33. The molecule has 2 rings (SSSR count). The van der Waals surface area contributed by atoms with Crippen molar-refractivity contribution < 1.29 is 28.7 Å². The molecule has 1 N–H and O–H groups in total. The number of nitro benzene ring substituents is 1. The molecular weight excluding hydrogens is 333 g/mol. The van der Waals surface area contributed by atoms with Crippen LogP contribution in [-0.2, 0) is 9.53 Å². The molecule has 0 saturated heterocycles. The molecule has 8 heteroatoms. The first-order valence-electron chi connectivity index (χ1n) is 7.44. The molecule has 132 valence electrons. The van der Waals surface area contributed by atoms with Gasteiger partial charge in [0.05, 0.1) is 17.6 Å². The molecule has 0 unspecified atom stereocenters. The zero-order valence-electron chi connectivity index (χ0n) is 13.3. The third-order valence-corrected chi connectivity index (χ3v) is 3.31. The number of aliphatic hydroxyl groups excluding tert-OH is 1. The number of carbonyl (C=O) groups excluding carboxylic acids is 1. The highest BCUT2D eigenvalue weighted by Gasteiger charge is 2.32. The van der Waals surface area contributed by atoms with Gasteiger partial charge in [-0.25, -0.2) is 9.18 Å². The molecule has 25 heavy (non-hydrogen) atoms. The SMILES string of the molecule is CCOC(=O)[C@H](O)[C@H](Oc1ccc(F)cc1[N+](=O)[O-])c1ccccc1. The smallest absolute Gasteiger partial charge is 0.339 e. The number of esters is 1. The minimum Gasteiger partial charge on any atom is -0.475 e. The Morgan fingerprint density at radius 2 is 1.96 bits per heavy atom. The van der Waals surface area contributed by atoms with Crippen LogP contribution in [0.2, 0.25) is 0 Å².